The molecule has 0 aromatic carbocycles. The van der Waals surface area contributed by atoms with Crippen molar-refractivity contribution in [2.45, 2.75) is 39.3 Å². The number of nitrogens with zero attached hydrogens (tertiary/aromatic N) is 1. The highest BCUT2D eigenvalue weighted by atomic mass is 16.2. The van der Waals surface area contributed by atoms with Gasteiger partial charge in [-0.3, -0.25) is 4.79 Å². The molecule has 90 valence electrons. The Balaban J connectivity index is 4.01. The van der Waals surface area contributed by atoms with E-state index in [4.69, 9.17) is 5.73 Å². The third-order valence-electron chi connectivity index (χ3n) is 2.59. The number of amides is 1. The molecule has 0 aromatic rings. The Bertz CT molecular complexity index is 194. The highest BCUT2D eigenvalue weighted by molar-refractivity contribution is 5.82. The van der Waals surface area contributed by atoms with Crippen LogP contribution in [0.5, 0.6) is 0 Å². The highest BCUT2D eigenvalue weighted by Crippen LogP contribution is 2.05. The average Bonchev–Trinajstić information content (AvgIpc) is 2.13. The molecule has 0 rings (SSSR count). The monoisotopic (exact) mass is 215 g/mol. The van der Waals surface area contributed by atoms with Crippen LogP contribution in [0.1, 0.15) is 27.2 Å². The lowest BCUT2D eigenvalue weighted by atomic mass is 9.99. The van der Waals surface area contributed by atoms with Crippen molar-refractivity contribution in [2.24, 2.45) is 11.7 Å². The van der Waals surface area contributed by atoms with Gasteiger partial charge in [0.15, 0.2) is 0 Å². The molecule has 15 heavy (non-hydrogen) atoms. The molecule has 0 fully saturated rings. The molecule has 3 atom stereocenters. The molecular formula is C11H25N3O. The number of hydrogen-bond donors (Lipinski definition) is 2. The number of carbonyl (C=O) groups excluding carboxylic acids is 1. The lowest BCUT2D eigenvalue weighted by molar-refractivity contribution is -0.124. The SMILES string of the molecule is CCC(C)[C@H](N)C(=O)NC(C)CN(C)C. The number of nitrogens with one attached hydrogen (secondary N) is 1. The van der Waals surface area contributed by atoms with E-state index in [1.54, 1.807) is 0 Å². The van der Waals surface area contributed by atoms with E-state index >= 15 is 0 Å². The lowest BCUT2D eigenvalue weighted by Gasteiger charge is -2.22. The minimum Gasteiger partial charge on any atom is -0.351 e. The van der Waals surface area contributed by atoms with Gasteiger partial charge in [-0.2, -0.15) is 0 Å². The summed E-state index contributed by atoms with van der Waals surface area (Å²) in [6.07, 6.45) is 0.927. The summed E-state index contributed by atoms with van der Waals surface area (Å²) < 4.78 is 0. The maximum absolute atomic E-state index is 11.7. The van der Waals surface area contributed by atoms with Crippen LogP contribution in [0.4, 0.5) is 0 Å². The number of hydrogen-bond acceptors (Lipinski definition) is 3. The van der Waals surface area contributed by atoms with E-state index in [1.165, 1.54) is 0 Å². The van der Waals surface area contributed by atoms with E-state index in [1.807, 2.05) is 39.8 Å². The third kappa shape index (κ3) is 5.74. The topological polar surface area (TPSA) is 58.4 Å². The second-order valence-electron chi connectivity index (χ2n) is 4.58. The molecule has 0 bridgehead atoms. The van der Waals surface area contributed by atoms with Gasteiger partial charge in [0.05, 0.1) is 6.04 Å². The van der Waals surface area contributed by atoms with Crippen LogP contribution in [-0.4, -0.2) is 43.5 Å². The van der Waals surface area contributed by atoms with Crippen LogP contribution in [0.25, 0.3) is 0 Å². The van der Waals surface area contributed by atoms with Gasteiger partial charge in [0, 0.05) is 12.6 Å². The normalized spacial score (nSPS) is 17.3. The number of rotatable bonds is 6. The fourth-order valence-electron chi connectivity index (χ4n) is 1.44. The summed E-state index contributed by atoms with van der Waals surface area (Å²) in [6, 6.07) is -0.248. The molecule has 0 radical (unpaired) electrons. The van der Waals surface area contributed by atoms with Crippen LogP contribution >= 0.6 is 0 Å². The first-order valence-electron chi connectivity index (χ1n) is 5.59. The zero-order valence-electron chi connectivity index (χ0n) is 10.6. The Hall–Kier alpha value is -0.610. The van der Waals surface area contributed by atoms with E-state index in [9.17, 15) is 4.79 Å². The number of carbonyl (C=O) groups is 1. The molecule has 0 aliphatic carbocycles. The first-order valence-corrected chi connectivity index (χ1v) is 5.59. The molecule has 0 heterocycles. The first-order chi connectivity index (χ1) is 6.88. The zero-order chi connectivity index (χ0) is 12.0. The molecule has 4 nitrogen and oxygen atoms in total. The smallest absolute Gasteiger partial charge is 0.237 e. The Morgan fingerprint density at radius 3 is 2.33 bits per heavy atom. The van der Waals surface area contributed by atoms with Gasteiger partial charge in [0.1, 0.15) is 0 Å². The first kappa shape index (κ1) is 14.4. The standard InChI is InChI=1S/C11H25N3O/c1-6-8(2)10(12)11(15)13-9(3)7-14(4)5/h8-10H,6-7,12H2,1-5H3,(H,13,15)/t8?,9?,10-/m0/s1. The maximum atomic E-state index is 11.7. The predicted octanol–water partition coefficient (Wildman–Crippen LogP) is 0.426. The van der Waals surface area contributed by atoms with Crippen molar-refractivity contribution in [3.05, 3.63) is 0 Å². The average molecular weight is 215 g/mol. The molecule has 0 spiro atoms. The Morgan fingerprint density at radius 1 is 1.40 bits per heavy atom. The minimum absolute atomic E-state index is 0.0429. The summed E-state index contributed by atoms with van der Waals surface area (Å²) in [7, 11) is 3.97. The van der Waals surface area contributed by atoms with E-state index in [-0.39, 0.29) is 23.9 Å². The van der Waals surface area contributed by atoms with Crippen LogP contribution in [0.15, 0.2) is 0 Å². The largest absolute Gasteiger partial charge is 0.351 e. The molecule has 0 saturated heterocycles. The Labute approximate surface area is 93.2 Å². The van der Waals surface area contributed by atoms with E-state index < -0.39 is 0 Å². The summed E-state index contributed by atoms with van der Waals surface area (Å²) in [5.74, 6) is 0.190. The maximum Gasteiger partial charge on any atom is 0.237 e. The fourth-order valence-corrected chi connectivity index (χ4v) is 1.44. The summed E-state index contributed by atoms with van der Waals surface area (Å²) in [4.78, 5) is 13.7. The summed E-state index contributed by atoms with van der Waals surface area (Å²) >= 11 is 0. The van der Waals surface area contributed by atoms with Crippen molar-refractivity contribution in [3.8, 4) is 0 Å². The van der Waals surface area contributed by atoms with Gasteiger partial charge in [0.25, 0.3) is 0 Å². The second-order valence-corrected chi connectivity index (χ2v) is 4.58. The molecule has 0 aliphatic rings. The quantitative estimate of drug-likeness (QED) is 0.675. The Morgan fingerprint density at radius 2 is 1.93 bits per heavy atom. The third-order valence-corrected chi connectivity index (χ3v) is 2.59. The number of nitrogens with two attached hydrogens (primary N) is 1. The molecule has 1 amide bonds. The van der Waals surface area contributed by atoms with Gasteiger partial charge < -0.3 is 16.0 Å². The van der Waals surface area contributed by atoms with Gasteiger partial charge in [0.2, 0.25) is 5.91 Å². The number of likely N-dealkylation sites (N-methyl/N-ethyl adjacent to an activating group) is 1. The molecule has 3 N–H and O–H groups in total. The molecular weight excluding hydrogens is 190 g/mol. The van der Waals surface area contributed by atoms with Crippen LogP contribution in [0.2, 0.25) is 0 Å². The van der Waals surface area contributed by atoms with Crippen molar-refractivity contribution < 1.29 is 4.79 Å². The van der Waals surface area contributed by atoms with Crippen molar-refractivity contribution in [2.75, 3.05) is 20.6 Å². The van der Waals surface area contributed by atoms with Crippen LogP contribution in [-0.2, 0) is 4.79 Å². The lowest BCUT2D eigenvalue weighted by Crippen LogP contribution is -2.49. The van der Waals surface area contributed by atoms with Crippen molar-refractivity contribution in [1.29, 1.82) is 0 Å². The van der Waals surface area contributed by atoms with Gasteiger partial charge in [-0.05, 0) is 26.9 Å². The summed E-state index contributed by atoms with van der Waals surface area (Å²) in [5.41, 5.74) is 5.82. The van der Waals surface area contributed by atoms with E-state index in [0.29, 0.717) is 0 Å². The van der Waals surface area contributed by atoms with Gasteiger partial charge in [-0.1, -0.05) is 20.3 Å². The minimum atomic E-state index is -0.389. The zero-order valence-corrected chi connectivity index (χ0v) is 10.6. The summed E-state index contributed by atoms with van der Waals surface area (Å²) in [6.45, 7) is 6.86. The fraction of sp³-hybridized carbons (Fsp3) is 0.909. The molecule has 4 heteroatoms. The summed E-state index contributed by atoms with van der Waals surface area (Å²) in [5, 5.41) is 2.92. The van der Waals surface area contributed by atoms with E-state index in [2.05, 4.69) is 5.32 Å². The van der Waals surface area contributed by atoms with E-state index in [0.717, 1.165) is 13.0 Å². The van der Waals surface area contributed by atoms with Crippen LogP contribution in [0.3, 0.4) is 0 Å². The van der Waals surface area contributed by atoms with Crippen LogP contribution in [0, 0.1) is 5.92 Å². The highest BCUT2D eigenvalue weighted by Gasteiger charge is 2.20. The molecule has 2 unspecified atom stereocenters. The molecule has 0 aliphatic heterocycles. The van der Waals surface area contributed by atoms with Crippen LogP contribution < -0.4 is 11.1 Å². The van der Waals surface area contributed by atoms with Crippen molar-refractivity contribution in [1.82, 2.24) is 10.2 Å². The van der Waals surface area contributed by atoms with Gasteiger partial charge in [-0.15, -0.1) is 0 Å². The second kappa shape index (κ2) is 6.80. The van der Waals surface area contributed by atoms with Crippen molar-refractivity contribution in [3.63, 3.8) is 0 Å². The van der Waals surface area contributed by atoms with Gasteiger partial charge >= 0.3 is 0 Å². The van der Waals surface area contributed by atoms with Crippen molar-refractivity contribution >= 4 is 5.91 Å². The molecule has 0 aromatic heterocycles. The predicted molar refractivity (Wildman–Crippen MR) is 63.6 cm³/mol. The molecule has 0 saturated carbocycles. The Kier molecular flexibility index (Phi) is 6.52. The van der Waals surface area contributed by atoms with Gasteiger partial charge in [-0.25, -0.2) is 0 Å².